The fourth-order valence-electron chi connectivity index (χ4n) is 0.729. The maximum absolute atomic E-state index is 13.1. The highest BCUT2D eigenvalue weighted by atomic mass is 19.2. The van der Waals surface area contributed by atoms with E-state index in [9.17, 15) is 13.7 Å². The van der Waals surface area contributed by atoms with Crippen LogP contribution in [0.25, 0.3) is 0 Å². The van der Waals surface area contributed by atoms with Crippen LogP contribution in [-0.4, -0.2) is 35.6 Å². The van der Waals surface area contributed by atoms with Gasteiger partial charge in [0.25, 0.3) is 5.79 Å². The predicted octanol–water partition coefficient (Wildman–Crippen LogP) is 0.292. The van der Waals surface area contributed by atoms with Crippen LogP contribution in [-0.2, 0) is 4.79 Å². The molecular weight excluding hydrogens is 170 g/mol. The van der Waals surface area contributed by atoms with Gasteiger partial charge in [0, 0.05) is 13.5 Å². The summed E-state index contributed by atoms with van der Waals surface area (Å²) in [4.78, 5) is 10.3. The standard InChI is InChI=1S/C6H12F2N2O2/c1-10(8)6(7,5(11)12)3-2-4-9/h2-4,9H2,1H3,(H,11,12)/t6-/m0/s1. The molecule has 72 valence electrons. The zero-order chi connectivity index (χ0) is 9.78. The molecule has 0 fully saturated rings. The third-order valence-corrected chi connectivity index (χ3v) is 1.53. The number of carboxylic acid groups (broad SMARTS) is 1. The summed E-state index contributed by atoms with van der Waals surface area (Å²) in [6.45, 7) is 0.132. The van der Waals surface area contributed by atoms with Gasteiger partial charge in [0.2, 0.25) is 0 Å². The first kappa shape index (κ1) is 11.2. The minimum atomic E-state index is -2.95. The number of alkyl halides is 1. The second kappa shape index (κ2) is 4.32. The third kappa shape index (κ3) is 2.38. The first-order chi connectivity index (χ1) is 5.45. The zero-order valence-corrected chi connectivity index (χ0v) is 6.76. The molecule has 0 aliphatic rings. The molecule has 12 heavy (non-hydrogen) atoms. The first-order valence-corrected chi connectivity index (χ1v) is 3.47. The number of nitrogens with two attached hydrogens (primary N) is 1. The van der Waals surface area contributed by atoms with Gasteiger partial charge >= 0.3 is 5.97 Å². The number of carbonyl (C=O) groups is 1. The monoisotopic (exact) mass is 182 g/mol. The number of carboxylic acids is 1. The normalized spacial score (nSPS) is 16.1. The SMILES string of the molecule is CN(F)[C@@](F)(CCCN)C(=O)O. The lowest BCUT2D eigenvalue weighted by molar-refractivity contribution is -0.191. The highest BCUT2D eigenvalue weighted by molar-refractivity contribution is 5.76. The van der Waals surface area contributed by atoms with E-state index in [1.807, 2.05) is 0 Å². The molecule has 0 bridgehead atoms. The number of nitrogens with zero attached hydrogens (tertiary/aromatic N) is 1. The van der Waals surface area contributed by atoms with Crippen molar-refractivity contribution in [2.75, 3.05) is 13.6 Å². The number of rotatable bonds is 5. The quantitative estimate of drug-likeness (QED) is 0.473. The van der Waals surface area contributed by atoms with Crippen molar-refractivity contribution in [3.8, 4) is 0 Å². The van der Waals surface area contributed by atoms with Gasteiger partial charge in [-0.1, -0.05) is 0 Å². The smallest absolute Gasteiger partial charge is 0.359 e. The molecule has 0 aromatic heterocycles. The Bertz CT molecular complexity index is 166. The van der Waals surface area contributed by atoms with E-state index in [0.29, 0.717) is 0 Å². The van der Waals surface area contributed by atoms with Crippen molar-refractivity contribution < 1.29 is 18.8 Å². The molecule has 1 atom stereocenters. The van der Waals surface area contributed by atoms with Crippen LogP contribution in [0.2, 0.25) is 0 Å². The van der Waals surface area contributed by atoms with Crippen molar-refractivity contribution in [2.45, 2.75) is 18.6 Å². The largest absolute Gasteiger partial charge is 0.478 e. The van der Waals surface area contributed by atoms with E-state index in [0.717, 1.165) is 7.05 Å². The maximum Gasteiger partial charge on any atom is 0.359 e. The van der Waals surface area contributed by atoms with Crippen LogP contribution < -0.4 is 5.73 Å². The van der Waals surface area contributed by atoms with Crippen LogP contribution in [0.1, 0.15) is 12.8 Å². The lowest BCUT2D eigenvalue weighted by Crippen LogP contribution is -2.45. The molecule has 0 aliphatic heterocycles. The Morgan fingerprint density at radius 2 is 2.25 bits per heavy atom. The Balaban J connectivity index is 4.29. The molecule has 0 saturated heterocycles. The number of halogens is 2. The maximum atomic E-state index is 13.1. The number of likely N-dealkylation sites (N-methyl/N-ethyl adjacent to an activating group) is 1. The van der Waals surface area contributed by atoms with Crippen molar-refractivity contribution in [1.82, 2.24) is 5.12 Å². The highest BCUT2D eigenvalue weighted by Crippen LogP contribution is 2.22. The molecule has 0 radical (unpaired) electrons. The van der Waals surface area contributed by atoms with E-state index >= 15 is 0 Å². The van der Waals surface area contributed by atoms with Crippen molar-refractivity contribution in [1.29, 1.82) is 0 Å². The third-order valence-electron chi connectivity index (χ3n) is 1.53. The summed E-state index contributed by atoms with van der Waals surface area (Å²) in [5, 5.41) is 7.88. The molecule has 6 heteroatoms. The Morgan fingerprint density at radius 1 is 1.75 bits per heavy atom. The van der Waals surface area contributed by atoms with Gasteiger partial charge in [-0.3, -0.25) is 0 Å². The predicted molar refractivity (Wildman–Crippen MR) is 38.6 cm³/mol. The molecule has 0 aromatic carbocycles. The van der Waals surface area contributed by atoms with Crippen molar-refractivity contribution >= 4 is 5.97 Å². The Labute approximate surface area is 68.9 Å². The lowest BCUT2D eigenvalue weighted by atomic mass is 10.1. The molecule has 4 nitrogen and oxygen atoms in total. The van der Waals surface area contributed by atoms with Gasteiger partial charge < -0.3 is 10.8 Å². The second-order valence-corrected chi connectivity index (χ2v) is 2.43. The highest BCUT2D eigenvalue weighted by Gasteiger charge is 2.43. The summed E-state index contributed by atoms with van der Waals surface area (Å²) < 4.78 is 25.5. The topological polar surface area (TPSA) is 66.6 Å². The van der Waals surface area contributed by atoms with Crippen LogP contribution in [0.4, 0.5) is 8.87 Å². The van der Waals surface area contributed by atoms with E-state index in [-0.39, 0.29) is 13.0 Å². The summed E-state index contributed by atoms with van der Waals surface area (Å²) >= 11 is 0. The minimum Gasteiger partial charge on any atom is -0.478 e. The summed E-state index contributed by atoms with van der Waals surface area (Å²) in [7, 11) is 0.727. The van der Waals surface area contributed by atoms with E-state index in [2.05, 4.69) is 0 Å². The second-order valence-electron chi connectivity index (χ2n) is 2.43. The fraction of sp³-hybridized carbons (Fsp3) is 0.833. The van der Waals surface area contributed by atoms with Gasteiger partial charge in [-0.05, 0) is 13.0 Å². The molecular formula is C6H12F2N2O2. The summed E-state index contributed by atoms with van der Waals surface area (Å²) in [5.41, 5.74) is 5.04. The van der Waals surface area contributed by atoms with Gasteiger partial charge in [0.05, 0.1) is 0 Å². The Hall–Kier alpha value is -0.750. The molecule has 0 spiro atoms. The van der Waals surface area contributed by atoms with Gasteiger partial charge in [-0.25, -0.2) is 9.18 Å². The van der Waals surface area contributed by atoms with Crippen LogP contribution >= 0.6 is 0 Å². The van der Waals surface area contributed by atoms with Crippen molar-refractivity contribution in [2.24, 2.45) is 5.73 Å². The number of hydrogen-bond donors (Lipinski definition) is 2. The molecule has 0 aliphatic carbocycles. The minimum absolute atomic E-state index is 0.122. The van der Waals surface area contributed by atoms with Crippen LogP contribution in [0, 0.1) is 0 Å². The average molecular weight is 182 g/mol. The number of hydrogen-bond acceptors (Lipinski definition) is 3. The van der Waals surface area contributed by atoms with E-state index in [4.69, 9.17) is 10.8 Å². The molecule has 0 aromatic rings. The molecule has 0 amide bonds. The van der Waals surface area contributed by atoms with Gasteiger partial charge in [0.1, 0.15) is 0 Å². The van der Waals surface area contributed by atoms with E-state index in [1.165, 1.54) is 0 Å². The molecule has 0 rings (SSSR count). The van der Waals surface area contributed by atoms with E-state index < -0.39 is 23.3 Å². The molecule has 0 unspecified atom stereocenters. The Kier molecular flexibility index (Phi) is 4.05. The number of aliphatic carboxylic acids is 1. The molecule has 0 heterocycles. The van der Waals surface area contributed by atoms with E-state index in [1.54, 1.807) is 0 Å². The fourth-order valence-corrected chi connectivity index (χ4v) is 0.729. The molecule has 3 N–H and O–H groups in total. The average Bonchev–Trinajstić information content (AvgIpc) is 1.99. The Morgan fingerprint density at radius 3 is 2.50 bits per heavy atom. The lowest BCUT2D eigenvalue weighted by Gasteiger charge is -2.23. The first-order valence-electron chi connectivity index (χ1n) is 3.47. The van der Waals surface area contributed by atoms with Crippen molar-refractivity contribution in [3.63, 3.8) is 0 Å². The van der Waals surface area contributed by atoms with Gasteiger partial charge in [-0.15, -0.1) is 9.60 Å². The summed E-state index contributed by atoms with van der Waals surface area (Å²) in [6, 6.07) is 0. The van der Waals surface area contributed by atoms with Crippen LogP contribution in [0.5, 0.6) is 0 Å². The summed E-state index contributed by atoms with van der Waals surface area (Å²) in [5.74, 6) is -4.78. The van der Waals surface area contributed by atoms with Crippen molar-refractivity contribution in [3.05, 3.63) is 0 Å². The van der Waals surface area contributed by atoms with Gasteiger partial charge in [-0.2, -0.15) is 0 Å². The summed E-state index contributed by atoms with van der Waals surface area (Å²) in [6.07, 6.45) is -0.330. The van der Waals surface area contributed by atoms with Crippen LogP contribution in [0.3, 0.4) is 0 Å². The molecule has 0 saturated carbocycles. The zero-order valence-electron chi connectivity index (χ0n) is 6.76. The van der Waals surface area contributed by atoms with Gasteiger partial charge in [0.15, 0.2) is 0 Å². The van der Waals surface area contributed by atoms with Crippen LogP contribution in [0.15, 0.2) is 0 Å².